The second-order valence-corrected chi connectivity index (χ2v) is 2.83. The Hall–Kier alpha value is -2.13. The lowest BCUT2D eigenvalue weighted by Gasteiger charge is -1.91. The molecule has 0 fully saturated rings. The summed E-state index contributed by atoms with van der Waals surface area (Å²) in [6.45, 7) is 0.0328. The largest absolute Gasteiger partial charge is 0.395 e. The maximum atomic E-state index is 8.59. The van der Waals surface area contributed by atoms with Gasteiger partial charge in [0, 0.05) is 6.42 Å². The number of anilines is 1. The van der Waals surface area contributed by atoms with Crippen LogP contribution in [0.3, 0.4) is 0 Å². The zero-order valence-electron chi connectivity index (χ0n) is 7.86. The van der Waals surface area contributed by atoms with E-state index >= 15 is 0 Å². The zero-order chi connectivity index (χ0) is 10.7. The molecule has 0 aliphatic heterocycles. The van der Waals surface area contributed by atoms with Crippen LogP contribution in [0.5, 0.6) is 0 Å². The van der Waals surface area contributed by atoms with Gasteiger partial charge in [0.25, 0.3) is 0 Å². The van der Waals surface area contributed by atoms with Crippen LogP contribution in [-0.2, 0) is 0 Å². The Labute approximate surface area is 85.5 Å². The highest BCUT2D eigenvalue weighted by atomic mass is 16.2. The van der Waals surface area contributed by atoms with Gasteiger partial charge < -0.3 is 10.8 Å². The number of aromatic amines is 1. The molecule has 0 amide bonds. The first-order valence-electron chi connectivity index (χ1n) is 4.37. The first kappa shape index (κ1) is 9.43. The number of H-pyrrole nitrogens is 1. The van der Waals surface area contributed by atoms with Crippen molar-refractivity contribution in [1.29, 1.82) is 0 Å². The van der Waals surface area contributed by atoms with Crippen molar-refractivity contribution in [3.8, 4) is 11.8 Å². The Morgan fingerprint density at radius 3 is 3.13 bits per heavy atom. The molecular formula is C9H9N5O. The number of aliphatic hydroxyl groups is 1. The Morgan fingerprint density at radius 1 is 1.47 bits per heavy atom. The van der Waals surface area contributed by atoms with Gasteiger partial charge in [-0.25, -0.2) is 9.97 Å². The Kier molecular flexibility index (Phi) is 2.48. The van der Waals surface area contributed by atoms with Crippen molar-refractivity contribution >= 4 is 16.9 Å². The van der Waals surface area contributed by atoms with Crippen LogP contribution in [0.2, 0.25) is 0 Å². The van der Waals surface area contributed by atoms with E-state index in [1.54, 1.807) is 0 Å². The fraction of sp³-hybridized carbons (Fsp3) is 0.222. The molecule has 0 saturated heterocycles. The van der Waals surface area contributed by atoms with Crippen LogP contribution in [0.15, 0.2) is 6.33 Å². The van der Waals surface area contributed by atoms with Crippen LogP contribution >= 0.6 is 0 Å². The normalized spacial score (nSPS) is 9.93. The van der Waals surface area contributed by atoms with Crippen molar-refractivity contribution in [2.45, 2.75) is 6.42 Å². The van der Waals surface area contributed by atoms with E-state index in [-0.39, 0.29) is 6.61 Å². The second kappa shape index (κ2) is 3.94. The molecule has 0 unspecified atom stereocenters. The van der Waals surface area contributed by atoms with Crippen molar-refractivity contribution < 1.29 is 5.11 Å². The van der Waals surface area contributed by atoms with E-state index in [1.807, 2.05) is 0 Å². The molecule has 0 aliphatic rings. The fourth-order valence-electron chi connectivity index (χ4n) is 1.18. The third-order valence-electron chi connectivity index (χ3n) is 1.83. The van der Waals surface area contributed by atoms with Gasteiger partial charge in [-0.3, -0.25) is 5.10 Å². The Balaban J connectivity index is 2.50. The fourth-order valence-corrected chi connectivity index (χ4v) is 1.18. The predicted molar refractivity (Wildman–Crippen MR) is 54.7 cm³/mol. The number of hydrogen-bond acceptors (Lipinski definition) is 5. The van der Waals surface area contributed by atoms with E-state index < -0.39 is 0 Å². The van der Waals surface area contributed by atoms with Crippen molar-refractivity contribution in [1.82, 2.24) is 20.2 Å². The molecule has 2 rings (SSSR count). The van der Waals surface area contributed by atoms with Crippen LogP contribution in [0.1, 0.15) is 12.1 Å². The molecule has 0 aliphatic carbocycles. The third-order valence-corrected chi connectivity index (χ3v) is 1.83. The van der Waals surface area contributed by atoms with E-state index in [2.05, 4.69) is 32.0 Å². The lowest BCUT2D eigenvalue weighted by atomic mass is 10.3. The SMILES string of the molecule is Nc1ncnc2n[nH]c(C#CCCO)c12. The van der Waals surface area contributed by atoms with E-state index in [1.165, 1.54) is 6.33 Å². The molecule has 0 aromatic carbocycles. The quantitative estimate of drug-likeness (QED) is 0.551. The average Bonchev–Trinajstić information content (AvgIpc) is 2.63. The molecule has 4 N–H and O–H groups in total. The molecule has 76 valence electrons. The van der Waals surface area contributed by atoms with Gasteiger partial charge in [0.05, 0.1) is 12.0 Å². The minimum Gasteiger partial charge on any atom is -0.395 e. The highest BCUT2D eigenvalue weighted by molar-refractivity contribution is 5.89. The number of nitrogens with one attached hydrogen (secondary N) is 1. The highest BCUT2D eigenvalue weighted by Gasteiger charge is 2.07. The van der Waals surface area contributed by atoms with Crippen molar-refractivity contribution in [3.05, 3.63) is 12.0 Å². The lowest BCUT2D eigenvalue weighted by Crippen LogP contribution is -1.92. The topological polar surface area (TPSA) is 101 Å². The van der Waals surface area contributed by atoms with E-state index in [4.69, 9.17) is 10.8 Å². The lowest BCUT2D eigenvalue weighted by molar-refractivity contribution is 0.305. The molecule has 6 heteroatoms. The number of aromatic nitrogens is 4. The maximum absolute atomic E-state index is 8.59. The van der Waals surface area contributed by atoms with E-state index in [0.29, 0.717) is 29.0 Å². The number of fused-ring (bicyclic) bond motifs is 1. The van der Waals surface area contributed by atoms with Crippen LogP contribution in [0.4, 0.5) is 5.82 Å². The molecule has 0 spiro atoms. The first-order valence-corrected chi connectivity index (χ1v) is 4.37. The average molecular weight is 203 g/mol. The summed E-state index contributed by atoms with van der Waals surface area (Å²) in [5.74, 6) is 5.94. The van der Waals surface area contributed by atoms with Crippen LogP contribution in [0.25, 0.3) is 11.0 Å². The zero-order valence-corrected chi connectivity index (χ0v) is 7.86. The summed E-state index contributed by atoms with van der Waals surface area (Å²) in [5, 5.41) is 15.9. The van der Waals surface area contributed by atoms with Gasteiger partial charge in [0.1, 0.15) is 17.8 Å². The standard InChI is InChI=1S/C9H9N5O/c10-8-7-6(3-1-2-4-15)13-14-9(7)12-5-11-8/h5,15H,2,4H2,(H3,10,11,12,13,14). The maximum Gasteiger partial charge on any atom is 0.187 e. The third kappa shape index (κ3) is 1.73. The summed E-state index contributed by atoms with van der Waals surface area (Å²) in [5.41, 5.74) is 6.75. The minimum atomic E-state index is 0.0328. The van der Waals surface area contributed by atoms with E-state index in [0.717, 1.165) is 0 Å². The van der Waals surface area contributed by atoms with Gasteiger partial charge in [-0.05, 0) is 5.92 Å². The summed E-state index contributed by atoms with van der Waals surface area (Å²) in [6.07, 6.45) is 1.76. The van der Waals surface area contributed by atoms with Crippen LogP contribution < -0.4 is 5.73 Å². The van der Waals surface area contributed by atoms with Crippen molar-refractivity contribution in [3.63, 3.8) is 0 Å². The first-order chi connectivity index (χ1) is 7.33. The number of aliphatic hydroxyl groups excluding tert-OH is 1. The second-order valence-electron chi connectivity index (χ2n) is 2.83. The van der Waals surface area contributed by atoms with Crippen molar-refractivity contribution in [2.75, 3.05) is 12.3 Å². The van der Waals surface area contributed by atoms with Gasteiger partial charge in [-0.1, -0.05) is 5.92 Å². The van der Waals surface area contributed by atoms with Gasteiger partial charge in [0.2, 0.25) is 0 Å². The number of nitrogens with zero attached hydrogens (tertiary/aromatic N) is 3. The predicted octanol–water partition coefficient (Wildman–Crippen LogP) is -0.331. The molecule has 0 atom stereocenters. The molecule has 2 aromatic rings. The van der Waals surface area contributed by atoms with Gasteiger partial charge >= 0.3 is 0 Å². The molecule has 0 bridgehead atoms. The molecule has 15 heavy (non-hydrogen) atoms. The molecular weight excluding hydrogens is 194 g/mol. The van der Waals surface area contributed by atoms with Gasteiger partial charge in [-0.2, -0.15) is 5.10 Å². The molecule has 0 saturated carbocycles. The number of nitrogens with two attached hydrogens (primary N) is 1. The van der Waals surface area contributed by atoms with Crippen molar-refractivity contribution in [2.24, 2.45) is 0 Å². The van der Waals surface area contributed by atoms with E-state index in [9.17, 15) is 0 Å². The van der Waals surface area contributed by atoms with Crippen LogP contribution in [-0.4, -0.2) is 31.9 Å². The van der Waals surface area contributed by atoms with Crippen LogP contribution in [0, 0.1) is 11.8 Å². The minimum absolute atomic E-state index is 0.0328. The molecule has 6 nitrogen and oxygen atoms in total. The number of rotatable bonds is 1. The summed E-state index contributed by atoms with van der Waals surface area (Å²) in [6, 6.07) is 0. The van der Waals surface area contributed by atoms with Gasteiger partial charge in [-0.15, -0.1) is 0 Å². The molecule has 2 heterocycles. The number of hydrogen-bond donors (Lipinski definition) is 3. The number of nitrogen functional groups attached to an aromatic ring is 1. The summed E-state index contributed by atoms with van der Waals surface area (Å²) < 4.78 is 0. The Morgan fingerprint density at radius 2 is 2.33 bits per heavy atom. The summed E-state index contributed by atoms with van der Waals surface area (Å²) in [7, 11) is 0. The summed E-state index contributed by atoms with van der Waals surface area (Å²) in [4.78, 5) is 7.80. The van der Waals surface area contributed by atoms with Gasteiger partial charge in [0.15, 0.2) is 5.65 Å². The monoisotopic (exact) mass is 203 g/mol. The highest BCUT2D eigenvalue weighted by Crippen LogP contribution is 2.17. The molecule has 2 aromatic heterocycles. The summed E-state index contributed by atoms with van der Waals surface area (Å²) >= 11 is 0. The molecule has 0 radical (unpaired) electrons. The Bertz CT molecular complexity index is 536. The smallest absolute Gasteiger partial charge is 0.187 e.